The zero-order valence-corrected chi connectivity index (χ0v) is 18.3. The highest BCUT2D eigenvalue weighted by Crippen LogP contribution is 2.22. The Morgan fingerprint density at radius 1 is 0.906 bits per heavy atom. The average molecular weight is 429 g/mol. The molecule has 0 unspecified atom stereocenters. The second-order valence-electron chi connectivity index (χ2n) is 8.05. The molecule has 2 amide bonds. The van der Waals surface area contributed by atoms with Crippen molar-refractivity contribution in [2.45, 2.75) is 19.8 Å². The van der Waals surface area contributed by atoms with Crippen molar-refractivity contribution in [2.24, 2.45) is 0 Å². The van der Waals surface area contributed by atoms with Gasteiger partial charge in [-0.2, -0.15) is 0 Å². The molecule has 0 aliphatic carbocycles. The molecule has 164 valence electrons. The average Bonchev–Trinajstić information content (AvgIpc) is 2.83. The first-order valence-corrected chi connectivity index (χ1v) is 11.0. The molecule has 0 atom stereocenters. The van der Waals surface area contributed by atoms with E-state index in [2.05, 4.69) is 51.3 Å². The number of benzene rings is 2. The number of nitrogens with zero attached hydrogens (tertiary/aromatic N) is 3. The van der Waals surface area contributed by atoms with Gasteiger partial charge in [0.1, 0.15) is 5.82 Å². The molecule has 1 saturated heterocycles. The Kier molecular flexibility index (Phi) is 6.80. The normalized spacial score (nSPS) is 13.7. The predicted molar refractivity (Wildman–Crippen MR) is 127 cm³/mol. The lowest BCUT2D eigenvalue weighted by Gasteiger charge is -2.37. The van der Waals surface area contributed by atoms with E-state index in [0.29, 0.717) is 17.8 Å². The molecule has 1 N–H and O–H groups in total. The number of amides is 2. The number of aryl methyl sites for hydroxylation is 2. The fourth-order valence-corrected chi connectivity index (χ4v) is 3.99. The molecule has 6 nitrogen and oxygen atoms in total. The van der Waals surface area contributed by atoms with Gasteiger partial charge in [-0.3, -0.25) is 14.9 Å². The number of carbonyl (C=O) groups is 2. The molecular formula is C26H28N4O2. The number of imide groups is 1. The smallest absolute Gasteiger partial charge is 0.261 e. The Bertz CT molecular complexity index is 1080. The molecule has 4 rings (SSSR count). The van der Waals surface area contributed by atoms with Crippen LogP contribution >= 0.6 is 0 Å². The number of carbonyl (C=O) groups excluding carboxylic acids is 2. The third-order valence-electron chi connectivity index (χ3n) is 5.71. The van der Waals surface area contributed by atoms with Crippen LogP contribution < -0.4 is 15.1 Å². The number of nitrogens with one attached hydrogen (secondary N) is 1. The van der Waals surface area contributed by atoms with Crippen LogP contribution in [0.3, 0.4) is 0 Å². The summed E-state index contributed by atoms with van der Waals surface area (Å²) in [5.74, 6) is -0.0463. The second-order valence-corrected chi connectivity index (χ2v) is 8.05. The first kappa shape index (κ1) is 21.6. The SMILES string of the molecule is Cc1cccc(N2CCN(c3ncccc3C(=O)NC(=O)CCc3ccccc3)CC2)c1. The topological polar surface area (TPSA) is 65.5 Å². The molecule has 1 aromatic heterocycles. The Labute approximate surface area is 188 Å². The van der Waals surface area contributed by atoms with Crippen LogP contribution in [0.15, 0.2) is 72.9 Å². The molecule has 2 heterocycles. The number of aromatic nitrogens is 1. The summed E-state index contributed by atoms with van der Waals surface area (Å²) in [4.78, 5) is 34.1. The summed E-state index contributed by atoms with van der Waals surface area (Å²) < 4.78 is 0. The molecular weight excluding hydrogens is 400 g/mol. The lowest BCUT2D eigenvalue weighted by Crippen LogP contribution is -2.47. The summed E-state index contributed by atoms with van der Waals surface area (Å²) >= 11 is 0. The van der Waals surface area contributed by atoms with Gasteiger partial charge >= 0.3 is 0 Å². The van der Waals surface area contributed by atoms with Crippen molar-refractivity contribution in [3.63, 3.8) is 0 Å². The fourth-order valence-electron chi connectivity index (χ4n) is 3.99. The number of hydrogen-bond acceptors (Lipinski definition) is 5. The molecule has 2 aromatic carbocycles. The highest BCUT2D eigenvalue weighted by Gasteiger charge is 2.23. The van der Waals surface area contributed by atoms with Crippen molar-refractivity contribution in [1.29, 1.82) is 0 Å². The Hall–Kier alpha value is -3.67. The highest BCUT2D eigenvalue weighted by molar-refractivity contribution is 6.07. The Morgan fingerprint density at radius 3 is 2.41 bits per heavy atom. The second kappa shape index (κ2) is 10.1. The minimum absolute atomic E-state index is 0.264. The van der Waals surface area contributed by atoms with Crippen LogP contribution in [0.1, 0.15) is 27.9 Å². The lowest BCUT2D eigenvalue weighted by atomic mass is 10.1. The van der Waals surface area contributed by atoms with Gasteiger partial charge < -0.3 is 9.80 Å². The third-order valence-corrected chi connectivity index (χ3v) is 5.71. The van der Waals surface area contributed by atoms with E-state index in [1.165, 1.54) is 11.3 Å². The number of hydrogen-bond donors (Lipinski definition) is 1. The van der Waals surface area contributed by atoms with E-state index < -0.39 is 5.91 Å². The summed E-state index contributed by atoms with van der Waals surface area (Å²) in [6.45, 7) is 5.30. The quantitative estimate of drug-likeness (QED) is 0.650. The number of rotatable bonds is 6. The maximum atomic E-state index is 12.8. The van der Waals surface area contributed by atoms with Gasteiger partial charge in [0.2, 0.25) is 5.91 Å². The Balaban J connectivity index is 1.37. The van der Waals surface area contributed by atoms with Crippen molar-refractivity contribution in [1.82, 2.24) is 10.3 Å². The molecule has 0 radical (unpaired) electrons. The maximum absolute atomic E-state index is 12.8. The largest absolute Gasteiger partial charge is 0.368 e. The minimum Gasteiger partial charge on any atom is -0.368 e. The lowest BCUT2D eigenvalue weighted by molar-refractivity contribution is -0.120. The van der Waals surface area contributed by atoms with Gasteiger partial charge in [0.05, 0.1) is 5.56 Å². The zero-order chi connectivity index (χ0) is 22.3. The van der Waals surface area contributed by atoms with Crippen LogP contribution in [0, 0.1) is 6.92 Å². The summed E-state index contributed by atoms with van der Waals surface area (Å²) in [5.41, 5.74) is 3.96. The maximum Gasteiger partial charge on any atom is 0.261 e. The monoisotopic (exact) mass is 428 g/mol. The number of pyridine rings is 1. The van der Waals surface area contributed by atoms with Crippen molar-refractivity contribution in [3.8, 4) is 0 Å². The van der Waals surface area contributed by atoms with Crippen molar-refractivity contribution in [2.75, 3.05) is 36.0 Å². The van der Waals surface area contributed by atoms with E-state index in [1.807, 2.05) is 30.3 Å². The van der Waals surface area contributed by atoms with Gasteiger partial charge in [0, 0.05) is 44.5 Å². The van der Waals surface area contributed by atoms with Crippen molar-refractivity contribution >= 4 is 23.3 Å². The van der Waals surface area contributed by atoms with Crippen LogP contribution in [0.2, 0.25) is 0 Å². The molecule has 0 saturated carbocycles. The van der Waals surface area contributed by atoms with Crippen LogP contribution in [-0.4, -0.2) is 43.0 Å². The first-order valence-electron chi connectivity index (χ1n) is 11.0. The standard InChI is InChI=1S/C26H28N4O2/c1-20-7-5-10-22(19-20)29-15-17-30(18-16-29)25-23(11-6-14-27-25)26(32)28-24(31)13-12-21-8-3-2-4-9-21/h2-11,14,19H,12-13,15-18H2,1H3,(H,28,31,32). The van der Waals surface area contributed by atoms with Crippen LogP contribution in [0.5, 0.6) is 0 Å². The van der Waals surface area contributed by atoms with Crippen molar-refractivity contribution < 1.29 is 9.59 Å². The molecule has 1 aliphatic heterocycles. The third kappa shape index (κ3) is 5.32. The predicted octanol–water partition coefficient (Wildman–Crippen LogP) is 3.61. The van der Waals surface area contributed by atoms with E-state index in [0.717, 1.165) is 31.7 Å². The zero-order valence-electron chi connectivity index (χ0n) is 18.3. The first-order chi connectivity index (χ1) is 15.6. The summed E-state index contributed by atoms with van der Waals surface area (Å²) in [6.07, 6.45) is 2.55. The molecule has 0 bridgehead atoms. The molecule has 32 heavy (non-hydrogen) atoms. The molecule has 6 heteroatoms. The molecule has 0 spiro atoms. The van der Waals surface area contributed by atoms with E-state index in [1.54, 1.807) is 18.3 Å². The number of anilines is 2. The van der Waals surface area contributed by atoms with Crippen molar-refractivity contribution in [3.05, 3.63) is 89.6 Å². The molecule has 3 aromatic rings. The van der Waals surface area contributed by atoms with E-state index in [4.69, 9.17) is 0 Å². The summed E-state index contributed by atoms with van der Waals surface area (Å²) in [5, 5.41) is 2.53. The summed E-state index contributed by atoms with van der Waals surface area (Å²) in [7, 11) is 0. The van der Waals surface area contributed by atoms with Gasteiger partial charge in [-0.25, -0.2) is 4.98 Å². The number of piperazine rings is 1. The van der Waals surface area contributed by atoms with Crippen LogP contribution in [-0.2, 0) is 11.2 Å². The summed E-state index contributed by atoms with van der Waals surface area (Å²) in [6, 6.07) is 21.7. The van der Waals surface area contributed by atoms with Gasteiger partial charge in [0.15, 0.2) is 0 Å². The van der Waals surface area contributed by atoms with Crippen LogP contribution in [0.25, 0.3) is 0 Å². The minimum atomic E-state index is -0.396. The molecule has 1 aliphatic rings. The Morgan fingerprint density at radius 2 is 1.66 bits per heavy atom. The van der Waals surface area contributed by atoms with Gasteiger partial charge in [-0.1, -0.05) is 42.5 Å². The van der Waals surface area contributed by atoms with E-state index in [9.17, 15) is 9.59 Å². The van der Waals surface area contributed by atoms with Crippen LogP contribution in [0.4, 0.5) is 11.5 Å². The highest BCUT2D eigenvalue weighted by atomic mass is 16.2. The van der Waals surface area contributed by atoms with E-state index in [-0.39, 0.29) is 12.3 Å². The fraction of sp³-hybridized carbons (Fsp3) is 0.269. The van der Waals surface area contributed by atoms with Gasteiger partial charge in [-0.05, 0) is 48.7 Å². The molecule has 1 fully saturated rings. The van der Waals surface area contributed by atoms with Gasteiger partial charge in [-0.15, -0.1) is 0 Å². The van der Waals surface area contributed by atoms with E-state index >= 15 is 0 Å². The van der Waals surface area contributed by atoms with Gasteiger partial charge in [0.25, 0.3) is 5.91 Å².